The zero-order valence-electron chi connectivity index (χ0n) is 9.58. The molecule has 0 fully saturated rings. The number of carbonyl (C=O) groups is 1. The fraction of sp³-hybridized carbons (Fsp3) is 0.231. The summed E-state index contributed by atoms with van der Waals surface area (Å²) in [7, 11) is 0. The van der Waals surface area contributed by atoms with Gasteiger partial charge in [0.1, 0.15) is 19.0 Å². The summed E-state index contributed by atoms with van der Waals surface area (Å²) in [4.78, 5) is 13.1. The molecule has 88 valence electrons. The quantitative estimate of drug-likeness (QED) is 0.736. The molecule has 0 aliphatic heterocycles. The summed E-state index contributed by atoms with van der Waals surface area (Å²) in [6.45, 7) is -0.394. The maximum Gasteiger partial charge on any atom is 0.246 e. The van der Waals surface area contributed by atoms with Gasteiger partial charge in [-0.1, -0.05) is 30.3 Å². The van der Waals surface area contributed by atoms with Gasteiger partial charge in [0.2, 0.25) is 5.91 Å². The van der Waals surface area contributed by atoms with Crippen LogP contribution in [0.3, 0.4) is 0 Å². The number of benzene rings is 1. The molecule has 0 aromatic heterocycles. The predicted molar refractivity (Wildman–Crippen MR) is 62.6 cm³/mol. The van der Waals surface area contributed by atoms with Crippen LogP contribution in [0.25, 0.3) is 0 Å². The smallest absolute Gasteiger partial charge is 0.246 e. The lowest BCUT2D eigenvalue weighted by Gasteiger charge is -2.19. The molecule has 5 heteroatoms. The first-order valence-corrected chi connectivity index (χ1v) is 5.21. The maximum absolute atomic E-state index is 12.1. The highest BCUT2D eigenvalue weighted by Crippen LogP contribution is 2.17. The number of nitrogens with zero attached hydrogens (tertiary/aromatic N) is 4. The first-order valence-electron chi connectivity index (χ1n) is 5.21. The molecular weight excluding hydrogens is 228 g/mol. The Kier molecular flexibility index (Phi) is 4.91. The molecule has 0 saturated heterocycles. The van der Waals surface area contributed by atoms with Crippen LogP contribution in [0.4, 0.5) is 0 Å². The molecule has 1 unspecified atom stereocenters. The third-order valence-corrected chi connectivity index (χ3v) is 2.34. The second-order valence-electron chi connectivity index (χ2n) is 3.48. The van der Waals surface area contributed by atoms with Gasteiger partial charge in [0, 0.05) is 0 Å². The van der Waals surface area contributed by atoms with Gasteiger partial charge < -0.3 is 4.90 Å². The van der Waals surface area contributed by atoms with E-state index in [4.69, 9.17) is 15.8 Å². The van der Waals surface area contributed by atoms with Gasteiger partial charge in [-0.05, 0) is 5.56 Å². The Labute approximate surface area is 105 Å². The Morgan fingerprint density at radius 2 is 1.67 bits per heavy atom. The zero-order valence-corrected chi connectivity index (χ0v) is 9.58. The number of hydrogen-bond acceptors (Lipinski definition) is 4. The fourth-order valence-corrected chi connectivity index (χ4v) is 1.48. The van der Waals surface area contributed by atoms with E-state index in [1.165, 1.54) is 0 Å². The van der Waals surface area contributed by atoms with Gasteiger partial charge in [-0.2, -0.15) is 15.8 Å². The van der Waals surface area contributed by atoms with Crippen LogP contribution in [0, 0.1) is 34.0 Å². The molecule has 0 N–H and O–H groups in total. The molecule has 1 aromatic carbocycles. The second-order valence-corrected chi connectivity index (χ2v) is 3.48. The van der Waals surface area contributed by atoms with E-state index < -0.39 is 11.8 Å². The van der Waals surface area contributed by atoms with E-state index in [-0.39, 0.29) is 13.1 Å². The van der Waals surface area contributed by atoms with E-state index in [1.54, 1.807) is 30.3 Å². The van der Waals surface area contributed by atoms with Crippen molar-refractivity contribution in [2.45, 2.75) is 5.92 Å². The molecule has 0 aliphatic carbocycles. The van der Waals surface area contributed by atoms with Crippen LogP contribution in [0.1, 0.15) is 11.5 Å². The Morgan fingerprint density at radius 3 is 2.11 bits per heavy atom. The largest absolute Gasteiger partial charge is 0.315 e. The molecule has 0 radical (unpaired) electrons. The molecule has 1 rings (SSSR count). The minimum Gasteiger partial charge on any atom is -0.315 e. The summed E-state index contributed by atoms with van der Waals surface area (Å²) in [6.07, 6.45) is 0. The molecule has 1 amide bonds. The number of nitriles is 3. The van der Waals surface area contributed by atoms with Crippen LogP contribution in [0.15, 0.2) is 30.3 Å². The third-order valence-electron chi connectivity index (χ3n) is 2.34. The van der Waals surface area contributed by atoms with Crippen LogP contribution in [-0.2, 0) is 4.79 Å². The van der Waals surface area contributed by atoms with Crippen molar-refractivity contribution in [2.75, 3.05) is 13.1 Å². The van der Waals surface area contributed by atoms with E-state index in [9.17, 15) is 4.79 Å². The van der Waals surface area contributed by atoms with Crippen molar-refractivity contribution < 1.29 is 4.79 Å². The minimum absolute atomic E-state index is 0.197. The molecular formula is C13H10N4O. The van der Waals surface area contributed by atoms with E-state index in [0.29, 0.717) is 5.56 Å². The molecule has 0 saturated carbocycles. The van der Waals surface area contributed by atoms with Crippen LogP contribution in [-0.4, -0.2) is 23.9 Å². The number of hydrogen-bond donors (Lipinski definition) is 0. The fourth-order valence-electron chi connectivity index (χ4n) is 1.48. The van der Waals surface area contributed by atoms with Crippen LogP contribution < -0.4 is 0 Å². The lowest BCUT2D eigenvalue weighted by molar-refractivity contribution is -0.130. The summed E-state index contributed by atoms with van der Waals surface area (Å²) in [5.74, 6) is -1.50. The van der Waals surface area contributed by atoms with Crippen molar-refractivity contribution in [3.8, 4) is 18.2 Å². The average molecular weight is 238 g/mol. The van der Waals surface area contributed by atoms with Gasteiger partial charge in [0.15, 0.2) is 0 Å². The summed E-state index contributed by atoms with van der Waals surface area (Å²) < 4.78 is 0. The highest BCUT2D eigenvalue weighted by molar-refractivity contribution is 5.86. The van der Waals surface area contributed by atoms with Crippen molar-refractivity contribution >= 4 is 5.91 Å². The van der Waals surface area contributed by atoms with E-state index in [2.05, 4.69) is 0 Å². The molecule has 0 spiro atoms. The summed E-state index contributed by atoms with van der Waals surface area (Å²) in [6, 6.07) is 14.1. The van der Waals surface area contributed by atoms with Gasteiger partial charge in [0.25, 0.3) is 0 Å². The minimum atomic E-state index is -0.979. The molecule has 5 nitrogen and oxygen atoms in total. The third kappa shape index (κ3) is 3.07. The number of amides is 1. The van der Waals surface area contributed by atoms with Crippen LogP contribution >= 0.6 is 0 Å². The Hall–Kier alpha value is -2.84. The van der Waals surface area contributed by atoms with Crippen molar-refractivity contribution in [3.05, 3.63) is 35.9 Å². The number of rotatable bonds is 4. The molecule has 0 heterocycles. The van der Waals surface area contributed by atoms with Gasteiger partial charge >= 0.3 is 0 Å². The molecule has 0 aliphatic rings. The van der Waals surface area contributed by atoms with E-state index >= 15 is 0 Å². The summed E-state index contributed by atoms with van der Waals surface area (Å²) >= 11 is 0. The topological polar surface area (TPSA) is 91.7 Å². The van der Waals surface area contributed by atoms with Crippen LogP contribution in [0.5, 0.6) is 0 Å². The molecule has 1 atom stereocenters. The highest BCUT2D eigenvalue weighted by atomic mass is 16.2. The first kappa shape index (κ1) is 13.2. The van der Waals surface area contributed by atoms with Gasteiger partial charge in [-0.25, -0.2) is 0 Å². The lowest BCUT2D eigenvalue weighted by atomic mass is 9.99. The first-order chi connectivity index (χ1) is 8.74. The monoisotopic (exact) mass is 238 g/mol. The van der Waals surface area contributed by atoms with Gasteiger partial charge in [-0.3, -0.25) is 4.79 Å². The Bertz CT molecular complexity index is 517. The highest BCUT2D eigenvalue weighted by Gasteiger charge is 2.25. The van der Waals surface area contributed by atoms with Crippen LogP contribution in [0.2, 0.25) is 0 Å². The normalized spacial score (nSPS) is 10.5. The van der Waals surface area contributed by atoms with Crippen molar-refractivity contribution in [1.29, 1.82) is 15.8 Å². The SMILES string of the molecule is N#CCN(CC#N)C(=O)C(C#N)c1ccccc1. The second kappa shape index (κ2) is 6.68. The maximum atomic E-state index is 12.1. The van der Waals surface area contributed by atoms with Crippen molar-refractivity contribution in [1.82, 2.24) is 4.90 Å². The summed E-state index contributed by atoms with van der Waals surface area (Å²) in [5, 5.41) is 26.3. The molecule has 0 bridgehead atoms. The average Bonchev–Trinajstić information content (AvgIpc) is 2.40. The van der Waals surface area contributed by atoms with Gasteiger partial charge in [0.05, 0.1) is 18.2 Å². The lowest BCUT2D eigenvalue weighted by Crippen LogP contribution is -2.35. The van der Waals surface area contributed by atoms with Gasteiger partial charge in [-0.15, -0.1) is 0 Å². The predicted octanol–water partition coefficient (Wildman–Crippen LogP) is 1.17. The number of carbonyl (C=O) groups excluding carboxylic acids is 1. The van der Waals surface area contributed by atoms with E-state index in [0.717, 1.165) is 4.90 Å². The zero-order chi connectivity index (χ0) is 13.4. The standard InChI is InChI=1S/C13H10N4O/c14-6-8-17(9-7-15)13(18)12(10-16)11-4-2-1-3-5-11/h1-5,12H,8-9H2. The van der Waals surface area contributed by atoms with Crippen molar-refractivity contribution in [3.63, 3.8) is 0 Å². The molecule has 18 heavy (non-hydrogen) atoms. The summed E-state index contributed by atoms with van der Waals surface area (Å²) in [5.41, 5.74) is 0.561. The molecule has 1 aromatic rings. The Balaban J connectivity index is 2.96. The van der Waals surface area contributed by atoms with E-state index in [1.807, 2.05) is 18.2 Å². The Morgan fingerprint density at radius 1 is 1.11 bits per heavy atom. The van der Waals surface area contributed by atoms with Crippen molar-refractivity contribution in [2.24, 2.45) is 0 Å².